The summed E-state index contributed by atoms with van der Waals surface area (Å²) >= 11 is 0. The molecule has 0 fully saturated rings. The lowest BCUT2D eigenvalue weighted by atomic mass is 9.86. The van der Waals surface area contributed by atoms with Crippen molar-refractivity contribution < 1.29 is 9.53 Å². The second-order valence-corrected chi connectivity index (χ2v) is 8.14. The lowest BCUT2D eigenvalue weighted by Gasteiger charge is -2.24. The molecule has 1 aliphatic heterocycles. The molecule has 1 atom stereocenters. The third-order valence-electron chi connectivity index (χ3n) is 5.35. The summed E-state index contributed by atoms with van der Waals surface area (Å²) in [5.41, 5.74) is 4.04. The van der Waals surface area contributed by atoms with E-state index in [0.29, 0.717) is 41.7 Å². The van der Waals surface area contributed by atoms with Gasteiger partial charge in [-0.3, -0.25) is 4.79 Å². The van der Waals surface area contributed by atoms with Crippen molar-refractivity contribution in [2.45, 2.75) is 33.1 Å². The Balaban J connectivity index is 1.60. The summed E-state index contributed by atoms with van der Waals surface area (Å²) in [5.74, 6) is 2.21. The van der Waals surface area contributed by atoms with Crippen molar-refractivity contribution in [3.63, 3.8) is 0 Å². The van der Waals surface area contributed by atoms with Crippen molar-refractivity contribution in [2.24, 2.45) is 5.92 Å². The number of nitrogens with zero attached hydrogens (tertiary/aromatic N) is 5. The van der Waals surface area contributed by atoms with Gasteiger partial charge in [0.05, 0.1) is 18.6 Å². The third-order valence-corrected chi connectivity index (χ3v) is 5.35. The van der Waals surface area contributed by atoms with E-state index in [1.165, 1.54) is 6.33 Å². The maximum absolute atomic E-state index is 12.7. The number of benzene rings is 1. The van der Waals surface area contributed by atoms with Crippen molar-refractivity contribution in [1.29, 1.82) is 0 Å². The number of rotatable bonds is 5. The summed E-state index contributed by atoms with van der Waals surface area (Å²) in [4.78, 5) is 28.5. The summed E-state index contributed by atoms with van der Waals surface area (Å²) in [7, 11) is 0. The van der Waals surface area contributed by atoms with Crippen LogP contribution in [0.5, 0.6) is 5.75 Å². The molecule has 1 aliphatic rings. The van der Waals surface area contributed by atoms with Gasteiger partial charge in [0.15, 0.2) is 11.5 Å². The number of nitrogens with one attached hydrogen (secondary N) is 2. The predicted molar refractivity (Wildman–Crippen MR) is 115 cm³/mol. The molecule has 0 saturated heterocycles. The van der Waals surface area contributed by atoms with Gasteiger partial charge in [0.25, 0.3) is 0 Å². The smallest absolute Gasteiger partial charge is 0.226 e. The Bertz CT molecular complexity index is 1270. The fourth-order valence-electron chi connectivity index (χ4n) is 3.98. The molecule has 0 aliphatic carbocycles. The van der Waals surface area contributed by atoms with E-state index in [4.69, 9.17) is 9.84 Å². The number of imidazole rings is 1. The lowest BCUT2D eigenvalue weighted by molar-refractivity contribution is -0.116. The number of carbonyl (C=O) groups is 1. The molecule has 31 heavy (non-hydrogen) atoms. The molecule has 9 nitrogen and oxygen atoms in total. The van der Waals surface area contributed by atoms with Gasteiger partial charge in [0.1, 0.15) is 23.4 Å². The average molecular weight is 417 g/mol. The molecule has 3 aromatic heterocycles. The van der Waals surface area contributed by atoms with Crippen LogP contribution in [0.25, 0.3) is 17.0 Å². The van der Waals surface area contributed by atoms with Crippen molar-refractivity contribution in [2.75, 3.05) is 11.9 Å². The number of ether oxygens (including phenoxy) is 1. The Morgan fingerprint density at radius 2 is 2.13 bits per heavy atom. The highest BCUT2D eigenvalue weighted by Crippen LogP contribution is 2.41. The Morgan fingerprint density at radius 3 is 2.97 bits per heavy atom. The van der Waals surface area contributed by atoms with E-state index in [1.54, 1.807) is 11.0 Å². The molecule has 9 heteroatoms. The predicted octanol–water partition coefficient (Wildman–Crippen LogP) is 3.36. The summed E-state index contributed by atoms with van der Waals surface area (Å²) < 4.78 is 7.57. The molecule has 0 saturated carbocycles. The highest BCUT2D eigenvalue weighted by Gasteiger charge is 2.33. The molecule has 5 rings (SSSR count). The van der Waals surface area contributed by atoms with Crippen LogP contribution in [0.1, 0.15) is 43.0 Å². The molecule has 158 valence electrons. The van der Waals surface area contributed by atoms with Gasteiger partial charge in [-0.2, -0.15) is 9.78 Å². The maximum atomic E-state index is 12.7. The van der Waals surface area contributed by atoms with E-state index in [1.807, 2.05) is 31.2 Å². The Morgan fingerprint density at radius 1 is 1.26 bits per heavy atom. The van der Waals surface area contributed by atoms with Gasteiger partial charge in [-0.25, -0.2) is 15.0 Å². The number of anilines is 1. The van der Waals surface area contributed by atoms with Gasteiger partial charge in [0.2, 0.25) is 5.91 Å². The van der Waals surface area contributed by atoms with E-state index >= 15 is 0 Å². The Kier molecular flexibility index (Phi) is 4.65. The van der Waals surface area contributed by atoms with Gasteiger partial charge in [-0.15, -0.1) is 0 Å². The fourth-order valence-corrected chi connectivity index (χ4v) is 3.98. The SMILES string of the molecule is Cc1nn(-c2ncnc3nc[nH]c23)c2c1[C@@H](c1cccc(OCC(C)C)c1)CC(=O)N2. The number of hydrogen-bond donors (Lipinski definition) is 2. The minimum Gasteiger partial charge on any atom is -0.493 e. The number of amides is 1. The number of aromatic amines is 1. The minimum atomic E-state index is -0.126. The highest BCUT2D eigenvalue weighted by atomic mass is 16.5. The first-order chi connectivity index (χ1) is 15.0. The molecule has 4 heterocycles. The Hall–Kier alpha value is -3.75. The molecule has 4 aromatic rings. The third kappa shape index (κ3) is 3.41. The zero-order valence-electron chi connectivity index (χ0n) is 17.6. The van der Waals surface area contributed by atoms with Crippen LogP contribution < -0.4 is 10.1 Å². The second-order valence-electron chi connectivity index (χ2n) is 8.14. The number of aryl methyl sites for hydroxylation is 1. The number of H-pyrrole nitrogens is 1. The molecule has 0 spiro atoms. The van der Waals surface area contributed by atoms with Crippen LogP contribution in [0.3, 0.4) is 0 Å². The fraction of sp³-hybridized carbons (Fsp3) is 0.318. The summed E-state index contributed by atoms with van der Waals surface area (Å²) in [6, 6.07) is 7.96. The number of carbonyl (C=O) groups excluding carboxylic acids is 1. The normalized spacial score (nSPS) is 15.9. The molecular weight excluding hydrogens is 394 g/mol. The van der Waals surface area contributed by atoms with Crippen LogP contribution in [0.2, 0.25) is 0 Å². The van der Waals surface area contributed by atoms with E-state index in [-0.39, 0.29) is 11.8 Å². The van der Waals surface area contributed by atoms with Crippen LogP contribution >= 0.6 is 0 Å². The summed E-state index contributed by atoms with van der Waals surface area (Å²) in [6.07, 6.45) is 3.35. The van der Waals surface area contributed by atoms with E-state index in [2.05, 4.69) is 39.1 Å². The van der Waals surface area contributed by atoms with Crippen molar-refractivity contribution in [3.05, 3.63) is 53.7 Å². The monoisotopic (exact) mass is 417 g/mol. The summed E-state index contributed by atoms with van der Waals surface area (Å²) in [5, 5.41) is 7.71. The average Bonchev–Trinajstić information content (AvgIpc) is 3.36. The van der Waals surface area contributed by atoms with E-state index in [9.17, 15) is 4.79 Å². The molecule has 0 unspecified atom stereocenters. The molecule has 0 radical (unpaired) electrons. The number of hydrogen-bond acceptors (Lipinski definition) is 6. The lowest BCUT2D eigenvalue weighted by Crippen LogP contribution is -2.25. The van der Waals surface area contributed by atoms with Crippen LogP contribution in [-0.2, 0) is 4.79 Å². The molecular formula is C22H23N7O2. The second kappa shape index (κ2) is 7.50. The number of fused-ring (bicyclic) bond motifs is 2. The highest BCUT2D eigenvalue weighted by molar-refractivity contribution is 5.95. The largest absolute Gasteiger partial charge is 0.493 e. The first-order valence-corrected chi connectivity index (χ1v) is 10.3. The maximum Gasteiger partial charge on any atom is 0.226 e. The minimum absolute atomic E-state index is 0.0675. The van der Waals surface area contributed by atoms with Crippen molar-refractivity contribution in [1.82, 2.24) is 29.7 Å². The van der Waals surface area contributed by atoms with E-state index < -0.39 is 0 Å². The van der Waals surface area contributed by atoms with E-state index in [0.717, 1.165) is 22.6 Å². The van der Waals surface area contributed by atoms with Gasteiger partial charge >= 0.3 is 0 Å². The van der Waals surface area contributed by atoms with Crippen LogP contribution in [0.15, 0.2) is 36.9 Å². The van der Waals surface area contributed by atoms with Gasteiger partial charge in [-0.1, -0.05) is 26.0 Å². The summed E-state index contributed by atoms with van der Waals surface area (Å²) in [6.45, 7) is 6.82. The van der Waals surface area contributed by atoms with Gasteiger partial charge in [-0.05, 0) is 30.5 Å². The van der Waals surface area contributed by atoms with Gasteiger partial charge < -0.3 is 15.0 Å². The molecule has 2 N–H and O–H groups in total. The molecule has 0 bridgehead atoms. The van der Waals surface area contributed by atoms with Gasteiger partial charge in [0, 0.05) is 17.9 Å². The number of aromatic nitrogens is 6. The Labute approximate surface area is 178 Å². The quantitative estimate of drug-likeness (QED) is 0.515. The van der Waals surface area contributed by atoms with Crippen LogP contribution in [0.4, 0.5) is 5.82 Å². The van der Waals surface area contributed by atoms with Crippen LogP contribution in [0, 0.1) is 12.8 Å². The first kappa shape index (κ1) is 19.2. The zero-order valence-corrected chi connectivity index (χ0v) is 17.6. The topological polar surface area (TPSA) is 111 Å². The first-order valence-electron chi connectivity index (χ1n) is 10.3. The van der Waals surface area contributed by atoms with Crippen molar-refractivity contribution in [3.8, 4) is 11.6 Å². The van der Waals surface area contributed by atoms with Crippen molar-refractivity contribution >= 4 is 22.9 Å². The standard InChI is InChI=1S/C22H23N7O2/c1-12(2)9-31-15-6-4-5-14(7-15)16-8-17(30)27-21-18(16)13(3)28-29(21)22-19-20(24-10-23-19)25-11-26-22/h4-7,10-12,16H,8-9H2,1-3H3,(H,27,30)(H,23,24,25,26)/t16-/m1/s1. The van der Waals surface area contributed by atoms with Crippen LogP contribution in [-0.4, -0.2) is 42.2 Å². The zero-order chi connectivity index (χ0) is 21.5. The molecule has 1 amide bonds. The molecule has 1 aromatic carbocycles.